The standard InChI is InChI=1S/C21H23N3O3.C15H11NO3.C6H14N2O/c1-15-4-5-18-16(13-15)17(14-19(23-18)20-3-2-10-27-20)21(25)22-6-7-24-8-11-26-12-9-24;1-9-4-5-12-10(7-9)11(15(17)18)8-13(16-12)14-3-2-6-19-14;7-1-2-8-3-5-9-6-4-8/h2-5,10,13-14H,6-9,11-12H2,1H3,(H,22,25);2-8H,1H3,(H,17,18);1-7H2. The van der Waals surface area contributed by atoms with Crippen LogP contribution in [0.4, 0.5) is 0 Å². The first-order valence-corrected chi connectivity index (χ1v) is 18.5. The van der Waals surface area contributed by atoms with E-state index in [0.717, 1.165) is 94.3 Å². The molecule has 0 bridgehead atoms. The molecule has 0 atom stereocenters. The summed E-state index contributed by atoms with van der Waals surface area (Å²) in [7, 11) is 0. The molecule has 6 heterocycles. The van der Waals surface area contributed by atoms with Crippen LogP contribution in [0.2, 0.25) is 0 Å². The number of nitrogens with one attached hydrogen (secondary N) is 1. The number of morpholine rings is 2. The molecule has 1 amide bonds. The quantitative estimate of drug-likeness (QED) is 0.167. The Hall–Kier alpha value is -5.44. The molecule has 288 valence electrons. The molecule has 6 aromatic rings. The third kappa shape index (κ3) is 10.6. The van der Waals surface area contributed by atoms with Crippen molar-refractivity contribution in [3.8, 4) is 22.9 Å². The number of hydrogen-bond donors (Lipinski definition) is 3. The molecule has 2 fully saturated rings. The Morgan fingerprint density at radius 3 is 1.67 bits per heavy atom. The molecule has 0 radical (unpaired) electrons. The summed E-state index contributed by atoms with van der Waals surface area (Å²) in [5.74, 6) is 0.157. The Kier molecular flexibility index (Phi) is 13.7. The van der Waals surface area contributed by atoms with Gasteiger partial charge in [-0.3, -0.25) is 14.6 Å². The summed E-state index contributed by atoms with van der Waals surface area (Å²) in [6.45, 7) is 14.3. The van der Waals surface area contributed by atoms with Gasteiger partial charge in [-0.2, -0.15) is 0 Å². The van der Waals surface area contributed by atoms with E-state index in [4.69, 9.17) is 24.0 Å². The van der Waals surface area contributed by atoms with Crippen LogP contribution in [-0.4, -0.2) is 116 Å². The van der Waals surface area contributed by atoms with Crippen molar-refractivity contribution in [1.29, 1.82) is 0 Å². The topological polar surface area (TPSA) is 169 Å². The van der Waals surface area contributed by atoms with Gasteiger partial charge in [0.1, 0.15) is 11.4 Å². The number of carbonyl (C=O) groups is 2. The van der Waals surface area contributed by atoms with Crippen molar-refractivity contribution < 1.29 is 33.0 Å². The average Bonchev–Trinajstić information content (AvgIpc) is 3.95. The van der Waals surface area contributed by atoms with Crippen LogP contribution in [-0.2, 0) is 9.47 Å². The summed E-state index contributed by atoms with van der Waals surface area (Å²) in [5.41, 5.74) is 11.0. The molecule has 0 spiro atoms. The number of amides is 1. The van der Waals surface area contributed by atoms with Gasteiger partial charge in [0.25, 0.3) is 5.91 Å². The molecule has 2 aliphatic heterocycles. The Labute approximate surface area is 320 Å². The summed E-state index contributed by atoms with van der Waals surface area (Å²) in [5, 5.41) is 13.9. The monoisotopic (exact) mass is 748 g/mol. The third-order valence-corrected chi connectivity index (χ3v) is 9.32. The molecule has 4 aromatic heterocycles. The number of benzene rings is 2. The van der Waals surface area contributed by atoms with Crippen molar-refractivity contribution >= 4 is 33.7 Å². The van der Waals surface area contributed by atoms with Gasteiger partial charge in [-0.1, -0.05) is 23.3 Å². The molecule has 0 aliphatic carbocycles. The predicted octanol–water partition coefficient (Wildman–Crippen LogP) is 5.64. The summed E-state index contributed by atoms with van der Waals surface area (Å²) in [6, 6.07) is 22.0. The normalized spacial score (nSPS) is 14.8. The number of furan rings is 2. The number of ether oxygens (including phenoxy) is 2. The van der Waals surface area contributed by atoms with Crippen LogP contribution in [0, 0.1) is 13.8 Å². The van der Waals surface area contributed by atoms with Crippen molar-refractivity contribution in [3.63, 3.8) is 0 Å². The van der Waals surface area contributed by atoms with E-state index >= 15 is 0 Å². The number of carboxylic acid groups (broad SMARTS) is 1. The van der Waals surface area contributed by atoms with Crippen LogP contribution in [0.25, 0.3) is 44.7 Å². The highest BCUT2D eigenvalue weighted by atomic mass is 16.5. The van der Waals surface area contributed by atoms with Gasteiger partial charge in [-0.25, -0.2) is 14.8 Å². The van der Waals surface area contributed by atoms with E-state index in [1.807, 2.05) is 68.4 Å². The zero-order valence-electron chi connectivity index (χ0n) is 31.3. The number of pyridine rings is 2. The highest BCUT2D eigenvalue weighted by Gasteiger charge is 2.17. The molecule has 4 N–H and O–H groups in total. The first-order valence-electron chi connectivity index (χ1n) is 18.5. The summed E-state index contributed by atoms with van der Waals surface area (Å²) in [4.78, 5) is 38.0. The number of nitrogens with zero attached hydrogens (tertiary/aromatic N) is 4. The molecule has 2 aliphatic rings. The molecule has 8 rings (SSSR count). The maximum atomic E-state index is 12.9. The number of fused-ring (bicyclic) bond motifs is 2. The van der Waals surface area contributed by atoms with E-state index in [1.54, 1.807) is 24.5 Å². The molecular formula is C42H48N6O7. The van der Waals surface area contributed by atoms with Crippen LogP contribution in [0.3, 0.4) is 0 Å². The van der Waals surface area contributed by atoms with Crippen LogP contribution >= 0.6 is 0 Å². The zero-order chi connectivity index (χ0) is 38.6. The predicted molar refractivity (Wildman–Crippen MR) is 211 cm³/mol. The second-order valence-electron chi connectivity index (χ2n) is 13.4. The van der Waals surface area contributed by atoms with Crippen LogP contribution in [0.5, 0.6) is 0 Å². The third-order valence-electron chi connectivity index (χ3n) is 9.32. The number of carbonyl (C=O) groups excluding carboxylic acids is 1. The Morgan fingerprint density at radius 1 is 0.709 bits per heavy atom. The maximum Gasteiger partial charge on any atom is 0.336 e. The lowest BCUT2D eigenvalue weighted by molar-refractivity contribution is 0.0383. The van der Waals surface area contributed by atoms with E-state index in [2.05, 4.69) is 25.1 Å². The van der Waals surface area contributed by atoms with Crippen molar-refractivity contribution in [2.45, 2.75) is 13.8 Å². The Morgan fingerprint density at radius 2 is 1.20 bits per heavy atom. The SMILES string of the molecule is Cc1ccc2nc(-c3ccco3)cc(C(=O)NCCN3CCOCC3)c2c1.Cc1ccc2nc(-c3ccco3)cc(C(=O)O)c2c1.NCCN1CCOCC1. The van der Waals surface area contributed by atoms with Gasteiger partial charge < -0.3 is 34.5 Å². The van der Waals surface area contributed by atoms with Crippen molar-refractivity contribution in [2.24, 2.45) is 5.73 Å². The van der Waals surface area contributed by atoms with Crippen molar-refractivity contribution in [3.05, 3.63) is 108 Å². The van der Waals surface area contributed by atoms with Crippen LogP contribution < -0.4 is 11.1 Å². The number of rotatable bonds is 9. The van der Waals surface area contributed by atoms with Gasteiger partial charge >= 0.3 is 5.97 Å². The van der Waals surface area contributed by atoms with Gasteiger partial charge in [-0.05, 0) is 74.5 Å². The van der Waals surface area contributed by atoms with Crippen LogP contribution in [0.15, 0.2) is 94.2 Å². The first-order chi connectivity index (χ1) is 26.8. The van der Waals surface area contributed by atoms with Gasteiger partial charge in [0.05, 0.1) is 61.1 Å². The molecule has 2 saturated heterocycles. The summed E-state index contributed by atoms with van der Waals surface area (Å²) in [6.07, 6.45) is 3.15. The Balaban J connectivity index is 0.000000159. The van der Waals surface area contributed by atoms with Gasteiger partial charge in [0.15, 0.2) is 11.5 Å². The van der Waals surface area contributed by atoms with E-state index in [1.165, 1.54) is 6.26 Å². The molecule has 0 unspecified atom stereocenters. The lowest BCUT2D eigenvalue weighted by Crippen LogP contribution is -2.41. The number of carboxylic acids is 1. The van der Waals surface area contributed by atoms with E-state index < -0.39 is 5.97 Å². The molecule has 13 heteroatoms. The lowest BCUT2D eigenvalue weighted by atomic mass is 10.0. The molecule has 2 aromatic carbocycles. The first kappa shape index (κ1) is 39.3. The van der Waals surface area contributed by atoms with E-state index in [-0.39, 0.29) is 11.5 Å². The van der Waals surface area contributed by atoms with E-state index in [9.17, 15) is 14.7 Å². The largest absolute Gasteiger partial charge is 0.478 e. The minimum absolute atomic E-state index is 0.0888. The summed E-state index contributed by atoms with van der Waals surface area (Å²) < 4.78 is 21.3. The molecule has 0 saturated carbocycles. The second kappa shape index (κ2) is 19.2. The van der Waals surface area contributed by atoms with Gasteiger partial charge in [-0.15, -0.1) is 0 Å². The summed E-state index contributed by atoms with van der Waals surface area (Å²) >= 11 is 0. The highest BCUT2D eigenvalue weighted by Crippen LogP contribution is 2.27. The smallest absolute Gasteiger partial charge is 0.336 e. The van der Waals surface area contributed by atoms with Crippen molar-refractivity contribution in [1.82, 2.24) is 25.1 Å². The molecule has 55 heavy (non-hydrogen) atoms. The Bertz CT molecular complexity index is 2160. The number of hydrogen-bond acceptors (Lipinski definition) is 11. The number of aryl methyl sites for hydroxylation is 2. The number of aromatic nitrogens is 2. The highest BCUT2D eigenvalue weighted by molar-refractivity contribution is 6.07. The van der Waals surface area contributed by atoms with Crippen LogP contribution in [0.1, 0.15) is 31.8 Å². The second-order valence-corrected chi connectivity index (χ2v) is 13.4. The fourth-order valence-electron chi connectivity index (χ4n) is 6.40. The average molecular weight is 749 g/mol. The fraction of sp³-hybridized carbons (Fsp3) is 0.333. The number of nitrogens with two attached hydrogens (primary N) is 1. The fourth-order valence-corrected chi connectivity index (χ4v) is 6.40. The van der Waals surface area contributed by atoms with Gasteiger partial charge in [0, 0.05) is 63.1 Å². The van der Waals surface area contributed by atoms with Crippen molar-refractivity contribution in [2.75, 3.05) is 78.8 Å². The number of aromatic carboxylic acids is 1. The molecular weight excluding hydrogens is 700 g/mol. The lowest BCUT2D eigenvalue weighted by Gasteiger charge is -2.26. The van der Waals surface area contributed by atoms with E-state index in [0.29, 0.717) is 45.9 Å². The molecule has 13 nitrogen and oxygen atoms in total. The van der Waals surface area contributed by atoms with Gasteiger partial charge in [0.2, 0.25) is 0 Å². The minimum Gasteiger partial charge on any atom is -0.478 e. The minimum atomic E-state index is -0.967. The maximum absolute atomic E-state index is 12.9. The zero-order valence-corrected chi connectivity index (χ0v) is 31.3.